The van der Waals surface area contributed by atoms with E-state index in [-0.39, 0.29) is 37.3 Å². The zero-order valence-electron chi connectivity index (χ0n) is 20.0. The first-order valence-electron chi connectivity index (χ1n) is 11.9. The molecule has 0 saturated heterocycles. The lowest BCUT2D eigenvalue weighted by Crippen LogP contribution is -2.43. The third-order valence-corrected chi connectivity index (χ3v) is 6.39. The third kappa shape index (κ3) is 6.16. The van der Waals surface area contributed by atoms with Crippen molar-refractivity contribution in [2.45, 2.75) is 52.0 Å². The van der Waals surface area contributed by atoms with Gasteiger partial charge in [-0.2, -0.15) is 0 Å². The monoisotopic (exact) mass is 466 g/mol. The Morgan fingerprint density at radius 3 is 2.12 bits per heavy atom. The van der Waals surface area contributed by atoms with E-state index in [1.807, 2.05) is 45.0 Å². The lowest BCUT2D eigenvalue weighted by molar-refractivity contribution is -0.141. The highest BCUT2D eigenvalue weighted by Crippen LogP contribution is 2.44. The molecule has 0 radical (unpaired) electrons. The molecule has 1 aliphatic carbocycles. The minimum atomic E-state index is -0.917. The number of benzene rings is 2. The zero-order chi connectivity index (χ0) is 24.7. The van der Waals surface area contributed by atoms with Crippen molar-refractivity contribution in [3.8, 4) is 11.1 Å². The number of alkyl carbamates (subject to hydrolysis) is 1. The number of ether oxygens (including phenoxy) is 1. The van der Waals surface area contributed by atoms with Crippen molar-refractivity contribution in [3.63, 3.8) is 0 Å². The molecule has 1 unspecified atom stereocenters. The van der Waals surface area contributed by atoms with Crippen LogP contribution in [0.4, 0.5) is 4.79 Å². The molecule has 2 aromatic rings. The summed E-state index contributed by atoms with van der Waals surface area (Å²) in [4.78, 5) is 36.3. The van der Waals surface area contributed by atoms with Gasteiger partial charge in [-0.15, -0.1) is 0 Å². The Hall–Kier alpha value is -3.35. The molecule has 0 bridgehead atoms. The van der Waals surface area contributed by atoms with Crippen LogP contribution in [0.5, 0.6) is 0 Å². The molecule has 182 valence electrons. The molecule has 7 heteroatoms. The van der Waals surface area contributed by atoms with Crippen LogP contribution >= 0.6 is 0 Å². The van der Waals surface area contributed by atoms with Gasteiger partial charge in [0.1, 0.15) is 6.61 Å². The summed E-state index contributed by atoms with van der Waals surface area (Å²) in [6, 6.07) is 15.8. The SMILES string of the molecule is CCCC(CNC(=O)C[C@@H](NC(=O)OCC1c2ccccc2-c2ccccc21)C(C)C)C(=O)O. The number of carboxylic acids is 1. The molecule has 0 spiro atoms. The Morgan fingerprint density at radius 1 is 1.00 bits per heavy atom. The highest BCUT2D eigenvalue weighted by Gasteiger charge is 2.29. The Kier molecular flexibility index (Phi) is 8.68. The van der Waals surface area contributed by atoms with E-state index in [2.05, 4.69) is 34.9 Å². The molecule has 3 N–H and O–H groups in total. The molecule has 0 fully saturated rings. The third-order valence-electron chi connectivity index (χ3n) is 6.39. The van der Waals surface area contributed by atoms with Gasteiger partial charge in [-0.25, -0.2) is 4.79 Å². The number of aliphatic carboxylic acids is 1. The second kappa shape index (κ2) is 11.7. The molecule has 2 amide bonds. The van der Waals surface area contributed by atoms with Crippen molar-refractivity contribution in [1.29, 1.82) is 0 Å². The van der Waals surface area contributed by atoms with Gasteiger partial charge < -0.3 is 20.5 Å². The summed E-state index contributed by atoms with van der Waals surface area (Å²) in [5, 5.41) is 14.8. The number of hydrogen-bond donors (Lipinski definition) is 3. The van der Waals surface area contributed by atoms with Crippen LogP contribution in [-0.2, 0) is 14.3 Å². The van der Waals surface area contributed by atoms with E-state index in [4.69, 9.17) is 4.74 Å². The van der Waals surface area contributed by atoms with Gasteiger partial charge in [0.25, 0.3) is 0 Å². The van der Waals surface area contributed by atoms with E-state index >= 15 is 0 Å². The quantitative estimate of drug-likeness (QED) is 0.450. The number of rotatable bonds is 11. The van der Waals surface area contributed by atoms with Crippen molar-refractivity contribution in [1.82, 2.24) is 10.6 Å². The fourth-order valence-electron chi connectivity index (χ4n) is 4.42. The normalized spacial score (nSPS) is 14.1. The minimum Gasteiger partial charge on any atom is -0.481 e. The van der Waals surface area contributed by atoms with Crippen LogP contribution in [0.3, 0.4) is 0 Å². The second-order valence-corrected chi connectivity index (χ2v) is 9.15. The number of hydrogen-bond acceptors (Lipinski definition) is 4. The molecular formula is C27H34N2O5. The zero-order valence-corrected chi connectivity index (χ0v) is 20.0. The van der Waals surface area contributed by atoms with Gasteiger partial charge in [-0.3, -0.25) is 9.59 Å². The molecule has 7 nitrogen and oxygen atoms in total. The number of carbonyl (C=O) groups is 3. The topological polar surface area (TPSA) is 105 Å². The first-order chi connectivity index (χ1) is 16.3. The fourth-order valence-corrected chi connectivity index (χ4v) is 4.42. The predicted octanol–water partition coefficient (Wildman–Crippen LogP) is 4.56. The van der Waals surface area contributed by atoms with Gasteiger partial charge in [0.2, 0.25) is 5.91 Å². The summed E-state index contributed by atoms with van der Waals surface area (Å²) in [6.45, 7) is 6.02. The Labute approximate surface area is 200 Å². The number of amides is 2. The average Bonchev–Trinajstić information content (AvgIpc) is 3.13. The van der Waals surface area contributed by atoms with Crippen molar-refractivity contribution in [3.05, 3.63) is 59.7 Å². The Balaban J connectivity index is 1.55. The van der Waals surface area contributed by atoms with Crippen molar-refractivity contribution in [2.75, 3.05) is 13.2 Å². The van der Waals surface area contributed by atoms with E-state index in [1.54, 1.807) is 0 Å². The van der Waals surface area contributed by atoms with Crippen LogP contribution in [0.25, 0.3) is 11.1 Å². The summed E-state index contributed by atoms with van der Waals surface area (Å²) < 4.78 is 5.60. The number of fused-ring (bicyclic) bond motifs is 3. The largest absolute Gasteiger partial charge is 0.481 e. The molecule has 0 aliphatic heterocycles. The number of carbonyl (C=O) groups excluding carboxylic acids is 2. The van der Waals surface area contributed by atoms with Crippen LogP contribution in [0.15, 0.2) is 48.5 Å². The molecule has 0 saturated carbocycles. The van der Waals surface area contributed by atoms with Crippen LogP contribution < -0.4 is 10.6 Å². The average molecular weight is 467 g/mol. The highest BCUT2D eigenvalue weighted by molar-refractivity contribution is 5.80. The Bertz CT molecular complexity index is 974. The van der Waals surface area contributed by atoms with Crippen LogP contribution in [0, 0.1) is 11.8 Å². The molecular weight excluding hydrogens is 432 g/mol. The van der Waals surface area contributed by atoms with Crippen LogP contribution in [-0.4, -0.2) is 42.3 Å². The summed E-state index contributed by atoms with van der Waals surface area (Å²) in [5.41, 5.74) is 4.59. The standard InChI is InChI=1S/C27H34N2O5/c1-4-9-18(26(31)32)15-28-25(30)14-24(17(2)3)29-27(33)34-16-23-21-12-7-5-10-19(21)20-11-6-8-13-22(20)23/h5-8,10-13,17-18,23-24H,4,9,14-16H2,1-3H3,(H,28,30)(H,29,33)(H,31,32)/t18?,24-/m1/s1. The van der Waals surface area contributed by atoms with Crippen molar-refractivity contribution >= 4 is 18.0 Å². The molecule has 2 atom stereocenters. The lowest BCUT2D eigenvalue weighted by atomic mass is 9.98. The van der Waals surface area contributed by atoms with Gasteiger partial charge in [-0.1, -0.05) is 75.7 Å². The number of carboxylic acid groups (broad SMARTS) is 1. The van der Waals surface area contributed by atoms with E-state index in [9.17, 15) is 19.5 Å². The first kappa shape index (κ1) is 25.3. The minimum absolute atomic E-state index is 0.00264. The van der Waals surface area contributed by atoms with E-state index < -0.39 is 24.0 Å². The predicted molar refractivity (Wildman–Crippen MR) is 130 cm³/mol. The van der Waals surface area contributed by atoms with Crippen LogP contribution in [0.2, 0.25) is 0 Å². The summed E-state index contributed by atoms with van der Waals surface area (Å²) in [5.74, 6) is -1.86. The molecule has 34 heavy (non-hydrogen) atoms. The number of nitrogens with one attached hydrogen (secondary N) is 2. The van der Waals surface area contributed by atoms with Gasteiger partial charge in [0, 0.05) is 24.9 Å². The van der Waals surface area contributed by atoms with Crippen molar-refractivity contribution in [2.24, 2.45) is 11.8 Å². The molecule has 1 aliphatic rings. The Morgan fingerprint density at radius 2 is 1.59 bits per heavy atom. The molecule has 3 rings (SSSR count). The van der Waals surface area contributed by atoms with Gasteiger partial charge in [0.15, 0.2) is 0 Å². The fraction of sp³-hybridized carbons (Fsp3) is 0.444. The molecule has 2 aromatic carbocycles. The van der Waals surface area contributed by atoms with Crippen molar-refractivity contribution < 1.29 is 24.2 Å². The summed E-state index contributed by atoms with van der Waals surface area (Å²) in [7, 11) is 0. The van der Waals surface area contributed by atoms with E-state index in [1.165, 1.54) is 0 Å². The lowest BCUT2D eigenvalue weighted by Gasteiger charge is -2.23. The molecule has 0 heterocycles. The summed E-state index contributed by atoms with van der Waals surface area (Å²) >= 11 is 0. The van der Waals surface area contributed by atoms with E-state index in [0.29, 0.717) is 6.42 Å². The maximum Gasteiger partial charge on any atom is 0.407 e. The molecule has 0 aromatic heterocycles. The van der Waals surface area contributed by atoms with Gasteiger partial charge in [0.05, 0.1) is 5.92 Å². The van der Waals surface area contributed by atoms with E-state index in [0.717, 1.165) is 28.7 Å². The maximum absolute atomic E-state index is 12.6. The van der Waals surface area contributed by atoms with Crippen LogP contribution in [0.1, 0.15) is 57.1 Å². The van der Waals surface area contributed by atoms with Gasteiger partial charge >= 0.3 is 12.1 Å². The second-order valence-electron chi connectivity index (χ2n) is 9.15. The summed E-state index contributed by atoms with van der Waals surface area (Å²) in [6.07, 6.45) is 0.717. The highest BCUT2D eigenvalue weighted by atomic mass is 16.5. The van der Waals surface area contributed by atoms with Gasteiger partial charge in [-0.05, 0) is 34.6 Å². The smallest absolute Gasteiger partial charge is 0.407 e. The maximum atomic E-state index is 12.6. The first-order valence-corrected chi connectivity index (χ1v) is 11.9.